The predicted octanol–water partition coefficient (Wildman–Crippen LogP) is -1.31. The normalized spacial score (nSPS) is 15.3. The van der Waals surface area contributed by atoms with Gasteiger partial charge in [-0.05, 0) is 13.0 Å². The van der Waals surface area contributed by atoms with Gasteiger partial charge < -0.3 is 20.4 Å². The average molecular weight is 162 g/mol. The van der Waals surface area contributed by atoms with Gasteiger partial charge in [-0.1, -0.05) is 6.08 Å². The van der Waals surface area contributed by atoms with Gasteiger partial charge in [0, 0.05) is 0 Å². The molecule has 0 aliphatic carbocycles. The minimum Gasteiger partial charge on any atom is -0.477 e. The van der Waals surface area contributed by atoms with Crippen LogP contribution in [0.2, 0.25) is 0 Å². The second-order valence-electron chi connectivity index (χ2n) is 2.13. The van der Waals surface area contributed by atoms with Crippen molar-refractivity contribution in [3.8, 4) is 0 Å². The summed E-state index contributed by atoms with van der Waals surface area (Å²) in [7, 11) is 0. The first-order chi connectivity index (χ1) is 4.86. The Morgan fingerprint density at radius 3 is 2.27 bits per heavy atom. The first kappa shape index (κ1) is 10.1. The fourth-order valence-corrected chi connectivity index (χ4v) is 0.345. The summed E-state index contributed by atoms with van der Waals surface area (Å²) < 4.78 is 0. The van der Waals surface area contributed by atoms with Gasteiger partial charge in [0.25, 0.3) is 5.79 Å². The van der Waals surface area contributed by atoms with Crippen LogP contribution in [-0.2, 0) is 4.79 Å². The molecule has 0 aromatic heterocycles. The molecule has 0 heterocycles. The number of aliphatic hydroxyl groups is 3. The van der Waals surface area contributed by atoms with Gasteiger partial charge in [-0.15, -0.1) is 0 Å². The van der Waals surface area contributed by atoms with Gasteiger partial charge in [0.15, 0.2) is 0 Å². The molecule has 0 aromatic rings. The highest BCUT2D eigenvalue weighted by atomic mass is 16.5. The van der Waals surface area contributed by atoms with Crippen LogP contribution in [-0.4, -0.2) is 38.3 Å². The van der Waals surface area contributed by atoms with Crippen LogP contribution in [0.15, 0.2) is 12.2 Å². The quantitative estimate of drug-likeness (QED) is 0.305. The van der Waals surface area contributed by atoms with Crippen molar-refractivity contribution in [2.45, 2.75) is 18.8 Å². The molecular formula is C6H10O5. The van der Waals surface area contributed by atoms with Gasteiger partial charge in [0.05, 0.1) is 6.10 Å². The Labute approximate surface area is 63.2 Å². The Morgan fingerprint density at radius 2 is 2.00 bits per heavy atom. The van der Waals surface area contributed by atoms with Crippen LogP contribution in [0.4, 0.5) is 0 Å². The lowest BCUT2D eigenvalue weighted by Gasteiger charge is -2.10. The summed E-state index contributed by atoms with van der Waals surface area (Å²) in [6, 6.07) is 0. The standard InChI is InChI=1S/C6H10O5/c1-4(7)2-3-6(10,11)5(8)9/h2-4,7,10-11H,1H3,(H,8,9)/b3-2+. The smallest absolute Gasteiger partial charge is 0.368 e. The molecule has 0 rings (SSSR count). The van der Waals surface area contributed by atoms with E-state index in [9.17, 15) is 4.79 Å². The number of aliphatic carboxylic acids is 1. The third kappa shape index (κ3) is 3.72. The van der Waals surface area contributed by atoms with Crippen molar-refractivity contribution in [1.29, 1.82) is 0 Å². The minimum absolute atomic E-state index is 0.597. The topological polar surface area (TPSA) is 98.0 Å². The summed E-state index contributed by atoms with van der Waals surface area (Å²) in [5.74, 6) is -4.67. The molecule has 0 amide bonds. The molecule has 0 aromatic carbocycles. The maximum atomic E-state index is 10.0. The summed E-state index contributed by atoms with van der Waals surface area (Å²) in [6.07, 6.45) is 0.654. The van der Waals surface area contributed by atoms with Crippen LogP contribution in [0.1, 0.15) is 6.92 Å². The third-order valence-corrected chi connectivity index (χ3v) is 0.922. The van der Waals surface area contributed by atoms with Crippen molar-refractivity contribution in [3.05, 3.63) is 12.2 Å². The van der Waals surface area contributed by atoms with Crippen molar-refractivity contribution >= 4 is 5.97 Å². The highest BCUT2D eigenvalue weighted by molar-refractivity contribution is 5.77. The molecule has 0 aliphatic rings. The molecule has 64 valence electrons. The molecule has 0 saturated carbocycles. The SMILES string of the molecule is CC(O)/C=C/C(O)(O)C(=O)O. The molecule has 11 heavy (non-hydrogen) atoms. The fraction of sp³-hybridized carbons (Fsp3) is 0.500. The molecule has 4 N–H and O–H groups in total. The maximum absolute atomic E-state index is 10.0. The van der Waals surface area contributed by atoms with E-state index in [0.717, 1.165) is 6.08 Å². The second-order valence-corrected chi connectivity index (χ2v) is 2.13. The number of aliphatic hydroxyl groups excluding tert-OH is 1. The van der Waals surface area contributed by atoms with Crippen LogP contribution >= 0.6 is 0 Å². The highest BCUT2D eigenvalue weighted by Crippen LogP contribution is 2.01. The van der Waals surface area contributed by atoms with Gasteiger partial charge in [-0.25, -0.2) is 4.79 Å². The molecule has 0 saturated heterocycles. The monoisotopic (exact) mass is 162 g/mol. The molecule has 5 nitrogen and oxygen atoms in total. The highest BCUT2D eigenvalue weighted by Gasteiger charge is 2.29. The van der Waals surface area contributed by atoms with Crippen molar-refractivity contribution in [2.24, 2.45) is 0 Å². The number of hydrogen-bond acceptors (Lipinski definition) is 4. The number of carboxylic acid groups (broad SMARTS) is 1. The summed E-state index contributed by atoms with van der Waals surface area (Å²) in [4.78, 5) is 10.0. The molecule has 5 heteroatoms. The van der Waals surface area contributed by atoms with E-state index in [1.54, 1.807) is 0 Å². The van der Waals surface area contributed by atoms with E-state index < -0.39 is 17.9 Å². The summed E-state index contributed by atoms with van der Waals surface area (Å²) in [6.45, 7) is 1.36. The van der Waals surface area contributed by atoms with Crippen molar-refractivity contribution in [3.63, 3.8) is 0 Å². The molecule has 0 bridgehead atoms. The third-order valence-electron chi connectivity index (χ3n) is 0.922. The molecule has 0 aliphatic heterocycles. The first-order valence-corrected chi connectivity index (χ1v) is 2.92. The van der Waals surface area contributed by atoms with Gasteiger partial charge >= 0.3 is 5.97 Å². The van der Waals surface area contributed by atoms with E-state index in [2.05, 4.69) is 0 Å². The van der Waals surface area contributed by atoms with Crippen LogP contribution in [0.25, 0.3) is 0 Å². The van der Waals surface area contributed by atoms with Crippen LogP contribution in [0.5, 0.6) is 0 Å². The van der Waals surface area contributed by atoms with E-state index in [1.807, 2.05) is 0 Å². The number of rotatable bonds is 3. The van der Waals surface area contributed by atoms with E-state index in [0.29, 0.717) is 6.08 Å². The van der Waals surface area contributed by atoms with Crippen molar-refractivity contribution in [2.75, 3.05) is 0 Å². The summed E-state index contributed by atoms with van der Waals surface area (Å²) in [5, 5.41) is 33.9. The Morgan fingerprint density at radius 1 is 1.55 bits per heavy atom. The zero-order valence-electron chi connectivity index (χ0n) is 5.93. The van der Waals surface area contributed by atoms with Gasteiger partial charge in [0.1, 0.15) is 0 Å². The van der Waals surface area contributed by atoms with E-state index >= 15 is 0 Å². The lowest BCUT2D eigenvalue weighted by Crippen LogP contribution is -2.35. The summed E-state index contributed by atoms with van der Waals surface area (Å²) in [5.41, 5.74) is 0. The van der Waals surface area contributed by atoms with Gasteiger partial charge in [-0.2, -0.15) is 0 Å². The lowest BCUT2D eigenvalue weighted by molar-refractivity contribution is -0.187. The van der Waals surface area contributed by atoms with Crippen LogP contribution in [0.3, 0.4) is 0 Å². The van der Waals surface area contributed by atoms with Crippen LogP contribution in [0, 0.1) is 0 Å². The fourth-order valence-electron chi connectivity index (χ4n) is 0.345. The average Bonchev–Trinajstić information content (AvgIpc) is 1.84. The predicted molar refractivity (Wildman–Crippen MR) is 35.6 cm³/mol. The minimum atomic E-state index is -2.89. The Bertz CT molecular complexity index is 170. The van der Waals surface area contributed by atoms with E-state index in [1.165, 1.54) is 6.92 Å². The maximum Gasteiger partial charge on any atom is 0.368 e. The number of hydrogen-bond donors (Lipinski definition) is 4. The van der Waals surface area contributed by atoms with Crippen molar-refractivity contribution < 1.29 is 25.2 Å². The Balaban J connectivity index is 4.23. The van der Waals surface area contributed by atoms with E-state index in [-0.39, 0.29) is 0 Å². The molecule has 1 unspecified atom stereocenters. The largest absolute Gasteiger partial charge is 0.477 e. The zero-order valence-corrected chi connectivity index (χ0v) is 5.93. The van der Waals surface area contributed by atoms with Crippen LogP contribution < -0.4 is 0 Å². The Hall–Kier alpha value is -0.910. The number of carboxylic acids is 1. The molecule has 0 fully saturated rings. The van der Waals surface area contributed by atoms with Crippen molar-refractivity contribution in [1.82, 2.24) is 0 Å². The van der Waals surface area contributed by atoms with Gasteiger partial charge in [-0.3, -0.25) is 0 Å². The number of carbonyl (C=O) groups is 1. The molecule has 1 atom stereocenters. The summed E-state index contributed by atoms with van der Waals surface area (Å²) >= 11 is 0. The second kappa shape index (κ2) is 3.47. The molecule has 0 radical (unpaired) electrons. The zero-order chi connectivity index (χ0) is 9.07. The molecular weight excluding hydrogens is 152 g/mol. The lowest BCUT2D eigenvalue weighted by atomic mass is 10.2. The molecule has 0 spiro atoms. The van der Waals surface area contributed by atoms with E-state index in [4.69, 9.17) is 20.4 Å². The first-order valence-electron chi connectivity index (χ1n) is 2.92. The van der Waals surface area contributed by atoms with Gasteiger partial charge in [0.2, 0.25) is 0 Å². The Kier molecular flexibility index (Phi) is 3.18.